The molecule has 3 heteroatoms. The van der Waals surface area contributed by atoms with Crippen molar-refractivity contribution in [3.05, 3.63) is 0 Å². The lowest BCUT2D eigenvalue weighted by molar-refractivity contribution is -0.135. The van der Waals surface area contributed by atoms with E-state index in [1.165, 1.54) is 51.6 Å². The molecule has 2 fully saturated rings. The first-order valence-electron chi connectivity index (χ1n) is 9.43. The molecule has 0 bridgehead atoms. The first-order valence-corrected chi connectivity index (χ1v) is 9.43. The van der Waals surface area contributed by atoms with Crippen LogP contribution in [-0.2, 0) is 4.79 Å². The van der Waals surface area contributed by atoms with Crippen LogP contribution in [0.5, 0.6) is 0 Å². The highest BCUT2D eigenvalue weighted by atomic mass is 16.2. The van der Waals surface area contributed by atoms with Crippen LogP contribution in [0.3, 0.4) is 0 Å². The van der Waals surface area contributed by atoms with Gasteiger partial charge in [0.1, 0.15) is 0 Å². The quantitative estimate of drug-likeness (QED) is 0.774. The Labute approximate surface area is 137 Å². The van der Waals surface area contributed by atoms with Gasteiger partial charge in [0, 0.05) is 32.1 Å². The number of hydrogen-bond donors (Lipinski definition) is 0. The van der Waals surface area contributed by atoms with Crippen LogP contribution in [0.2, 0.25) is 0 Å². The molecular weight excluding hydrogens is 272 g/mol. The molecule has 2 aliphatic rings. The number of carbonyl (C=O) groups is 1. The molecule has 2 rings (SSSR count). The molecular formula is C19H36N2O. The zero-order chi connectivity index (χ0) is 16.1. The summed E-state index contributed by atoms with van der Waals surface area (Å²) in [6, 6.07) is 0. The monoisotopic (exact) mass is 308 g/mol. The van der Waals surface area contributed by atoms with Crippen molar-refractivity contribution in [3.63, 3.8) is 0 Å². The molecule has 1 aliphatic carbocycles. The van der Waals surface area contributed by atoms with Crippen molar-refractivity contribution >= 4 is 5.91 Å². The Morgan fingerprint density at radius 3 is 2.00 bits per heavy atom. The Hall–Kier alpha value is -0.570. The van der Waals surface area contributed by atoms with Gasteiger partial charge in [0.15, 0.2) is 0 Å². The lowest BCUT2D eigenvalue weighted by Gasteiger charge is -2.36. The highest BCUT2D eigenvalue weighted by Gasteiger charge is 2.26. The third kappa shape index (κ3) is 5.26. The van der Waals surface area contributed by atoms with Crippen molar-refractivity contribution < 1.29 is 4.79 Å². The Morgan fingerprint density at radius 2 is 1.50 bits per heavy atom. The summed E-state index contributed by atoms with van der Waals surface area (Å²) in [5.41, 5.74) is 0. The largest absolute Gasteiger partial charge is 0.342 e. The zero-order valence-electron chi connectivity index (χ0n) is 15.2. The van der Waals surface area contributed by atoms with Gasteiger partial charge in [-0.1, -0.05) is 33.6 Å². The van der Waals surface area contributed by atoms with Crippen molar-refractivity contribution in [3.8, 4) is 0 Å². The molecule has 0 aromatic rings. The molecule has 1 aliphatic heterocycles. The van der Waals surface area contributed by atoms with E-state index in [-0.39, 0.29) is 5.92 Å². The summed E-state index contributed by atoms with van der Waals surface area (Å²) in [5.74, 6) is 3.13. The van der Waals surface area contributed by atoms with Gasteiger partial charge in [0.2, 0.25) is 5.91 Å². The van der Waals surface area contributed by atoms with Gasteiger partial charge in [-0.05, 0) is 50.5 Å². The molecule has 1 saturated carbocycles. The topological polar surface area (TPSA) is 23.6 Å². The lowest BCUT2D eigenvalue weighted by atomic mass is 9.82. The Kier molecular flexibility index (Phi) is 6.73. The molecule has 128 valence electrons. The maximum atomic E-state index is 12.0. The summed E-state index contributed by atoms with van der Waals surface area (Å²) in [4.78, 5) is 16.7. The van der Waals surface area contributed by atoms with Gasteiger partial charge in [-0.25, -0.2) is 0 Å². The molecule has 1 saturated heterocycles. The van der Waals surface area contributed by atoms with E-state index in [0.717, 1.165) is 30.8 Å². The highest BCUT2D eigenvalue weighted by Crippen LogP contribution is 2.29. The summed E-state index contributed by atoms with van der Waals surface area (Å²) < 4.78 is 0. The molecule has 1 amide bonds. The average Bonchev–Trinajstić information content (AvgIpc) is 2.49. The fourth-order valence-corrected chi connectivity index (χ4v) is 4.17. The molecule has 0 aromatic heterocycles. The van der Waals surface area contributed by atoms with Gasteiger partial charge < -0.3 is 9.80 Å². The molecule has 0 radical (unpaired) electrons. The van der Waals surface area contributed by atoms with Crippen molar-refractivity contribution in [1.82, 2.24) is 9.80 Å². The number of rotatable bonds is 5. The Morgan fingerprint density at radius 1 is 1.00 bits per heavy atom. The summed E-state index contributed by atoms with van der Waals surface area (Å²) in [6.07, 6.45) is 8.07. The van der Waals surface area contributed by atoms with Crippen LogP contribution in [0.4, 0.5) is 0 Å². The van der Waals surface area contributed by atoms with Crippen molar-refractivity contribution in [2.75, 3.05) is 33.2 Å². The second-order valence-corrected chi connectivity index (χ2v) is 8.27. The first kappa shape index (κ1) is 17.8. The minimum Gasteiger partial charge on any atom is -0.342 e. The van der Waals surface area contributed by atoms with Crippen LogP contribution in [0.1, 0.15) is 59.3 Å². The SMILES string of the molecule is CC1CCC(CN(C)CC2CCN(C(=O)C(C)C)CC2)CC1. The predicted molar refractivity (Wildman–Crippen MR) is 92.8 cm³/mol. The fraction of sp³-hybridized carbons (Fsp3) is 0.947. The summed E-state index contributed by atoms with van der Waals surface area (Å²) in [6.45, 7) is 10.8. The van der Waals surface area contributed by atoms with E-state index in [9.17, 15) is 4.79 Å². The predicted octanol–water partition coefficient (Wildman–Crippen LogP) is 3.64. The number of piperidine rings is 1. The molecule has 1 heterocycles. The van der Waals surface area contributed by atoms with E-state index in [0.29, 0.717) is 5.91 Å². The second kappa shape index (κ2) is 8.33. The number of carbonyl (C=O) groups excluding carboxylic acids is 1. The van der Waals surface area contributed by atoms with Crippen LogP contribution < -0.4 is 0 Å². The van der Waals surface area contributed by atoms with Gasteiger partial charge in [-0.2, -0.15) is 0 Å². The summed E-state index contributed by atoms with van der Waals surface area (Å²) in [7, 11) is 2.30. The van der Waals surface area contributed by atoms with Gasteiger partial charge in [-0.15, -0.1) is 0 Å². The summed E-state index contributed by atoms with van der Waals surface area (Å²) >= 11 is 0. The van der Waals surface area contributed by atoms with Crippen molar-refractivity contribution in [2.45, 2.75) is 59.3 Å². The third-order valence-corrected chi connectivity index (χ3v) is 5.70. The Bertz CT molecular complexity index is 339. The number of nitrogens with zero attached hydrogens (tertiary/aromatic N) is 2. The number of hydrogen-bond acceptors (Lipinski definition) is 2. The summed E-state index contributed by atoms with van der Waals surface area (Å²) in [5, 5.41) is 0. The van der Waals surface area contributed by atoms with Crippen LogP contribution in [0.25, 0.3) is 0 Å². The van der Waals surface area contributed by atoms with E-state index >= 15 is 0 Å². The van der Waals surface area contributed by atoms with E-state index in [1.54, 1.807) is 0 Å². The van der Waals surface area contributed by atoms with Gasteiger partial charge >= 0.3 is 0 Å². The van der Waals surface area contributed by atoms with Crippen LogP contribution in [-0.4, -0.2) is 48.9 Å². The molecule has 0 unspecified atom stereocenters. The number of amides is 1. The minimum absolute atomic E-state index is 0.146. The van der Waals surface area contributed by atoms with Crippen LogP contribution >= 0.6 is 0 Å². The molecule has 0 N–H and O–H groups in total. The van der Waals surface area contributed by atoms with Crippen LogP contribution in [0.15, 0.2) is 0 Å². The fourth-order valence-electron chi connectivity index (χ4n) is 4.17. The first-order chi connectivity index (χ1) is 10.5. The third-order valence-electron chi connectivity index (χ3n) is 5.70. The van der Waals surface area contributed by atoms with Crippen LogP contribution in [0, 0.1) is 23.7 Å². The minimum atomic E-state index is 0.146. The number of likely N-dealkylation sites (tertiary alicyclic amines) is 1. The molecule has 22 heavy (non-hydrogen) atoms. The van der Waals surface area contributed by atoms with Gasteiger partial charge in [0.25, 0.3) is 0 Å². The lowest BCUT2D eigenvalue weighted by Crippen LogP contribution is -2.43. The Balaban J connectivity index is 1.66. The average molecular weight is 309 g/mol. The normalized spacial score (nSPS) is 27.6. The van der Waals surface area contributed by atoms with Gasteiger partial charge in [0.05, 0.1) is 0 Å². The van der Waals surface area contributed by atoms with Crippen molar-refractivity contribution in [1.29, 1.82) is 0 Å². The molecule has 0 spiro atoms. The maximum Gasteiger partial charge on any atom is 0.225 e. The smallest absolute Gasteiger partial charge is 0.225 e. The zero-order valence-corrected chi connectivity index (χ0v) is 15.2. The van der Waals surface area contributed by atoms with E-state index < -0.39 is 0 Å². The maximum absolute atomic E-state index is 12.0. The molecule has 0 atom stereocenters. The standard InChI is InChI=1S/C19H36N2O/c1-15(2)19(22)21-11-9-18(10-12-21)14-20(4)13-17-7-5-16(3)6-8-17/h15-18H,5-14H2,1-4H3. The molecule has 3 nitrogen and oxygen atoms in total. The second-order valence-electron chi connectivity index (χ2n) is 8.27. The highest BCUT2D eigenvalue weighted by molar-refractivity contribution is 5.78. The van der Waals surface area contributed by atoms with E-state index in [1.807, 2.05) is 13.8 Å². The molecule has 0 aromatic carbocycles. The van der Waals surface area contributed by atoms with Gasteiger partial charge in [-0.3, -0.25) is 4.79 Å². The van der Waals surface area contributed by atoms with E-state index in [4.69, 9.17) is 0 Å². The van der Waals surface area contributed by atoms with Crippen molar-refractivity contribution in [2.24, 2.45) is 23.7 Å². The van der Waals surface area contributed by atoms with E-state index in [2.05, 4.69) is 23.8 Å².